The second-order valence-electron chi connectivity index (χ2n) is 3.99. The molecular weight excluding hydrogens is 240 g/mol. The van der Waals surface area contributed by atoms with Crippen LogP contribution >= 0.6 is 0 Å². The van der Waals surface area contributed by atoms with E-state index >= 15 is 0 Å². The average Bonchev–Trinajstić information content (AvgIpc) is 2.46. The third-order valence-corrected chi connectivity index (χ3v) is 2.78. The Balaban J connectivity index is 2.38. The standard InChI is InChI=1S/C16H14O3/c1-19-16-13(9-10-14(11-17)15(16)18)8-7-12-5-3-2-4-6-12/h2-11,18H,1H3. The second kappa shape index (κ2) is 5.87. The van der Waals surface area contributed by atoms with Gasteiger partial charge in [0, 0.05) is 5.56 Å². The van der Waals surface area contributed by atoms with Crippen LogP contribution in [0.15, 0.2) is 42.5 Å². The summed E-state index contributed by atoms with van der Waals surface area (Å²) >= 11 is 0. The first kappa shape index (κ1) is 12.9. The first-order chi connectivity index (χ1) is 9.26. The minimum atomic E-state index is -0.132. The lowest BCUT2D eigenvalue weighted by atomic mass is 10.1. The molecule has 1 N–H and O–H groups in total. The van der Waals surface area contributed by atoms with Crippen molar-refractivity contribution >= 4 is 18.4 Å². The van der Waals surface area contributed by atoms with Crippen LogP contribution in [-0.4, -0.2) is 18.5 Å². The van der Waals surface area contributed by atoms with Crippen molar-refractivity contribution in [2.75, 3.05) is 7.11 Å². The van der Waals surface area contributed by atoms with Gasteiger partial charge in [0.05, 0.1) is 12.7 Å². The minimum absolute atomic E-state index is 0.132. The zero-order valence-corrected chi connectivity index (χ0v) is 10.5. The number of carbonyl (C=O) groups is 1. The van der Waals surface area contributed by atoms with E-state index in [1.54, 1.807) is 12.1 Å². The third-order valence-electron chi connectivity index (χ3n) is 2.78. The number of aldehydes is 1. The smallest absolute Gasteiger partial charge is 0.169 e. The lowest BCUT2D eigenvalue weighted by molar-refractivity contribution is 0.112. The molecule has 0 radical (unpaired) electrons. The maximum Gasteiger partial charge on any atom is 0.169 e. The highest BCUT2D eigenvalue weighted by molar-refractivity contribution is 5.84. The number of aromatic hydroxyl groups is 1. The summed E-state index contributed by atoms with van der Waals surface area (Å²) in [6, 6.07) is 13.1. The van der Waals surface area contributed by atoms with Crippen molar-refractivity contribution in [2.24, 2.45) is 0 Å². The Kier molecular flexibility index (Phi) is 3.98. The molecule has 2 aromatic rings. The Bertz CT molecular complexity index is 601. The molecule has 0 saturated heterocycles. The number of rotatable bonds is 4. The molecule has 96 valence electrons. The predicted octanol–water partition coefficient (Wildman–Crippen LogP) is 3.38. The van der Waals surface area contributed by atoms with Gasteiger partial charge >= 0.3 is 0 Å². The van der Waals surface area contributed by atoms with Gasteiger partial charge in [-0.1, -0.05) is 48.6 Å². The van der Waals surface area contributed by atoms with Gasteiger partial charge in [0.25, 0.3) is 0 Å². The molecule has 0 unspecified atom stereocenters. The Morgan fingerprint density at radius 2 is 1.68 bits per heavy atom. The first-order valence-electron chi connectivity index (χ1n) is 5.84. The molecule has 0 bridgehead atoms. The summed E-state index contributed by atoms with van der Waals surface area (Å²) in [4.78, 5) is 10.8. The molecular formula is C16H14O3. The minimum Gasteiger partial charge on any atom is -0.504 e. The van der Waals surface area contributed by atoms with Gasteiger partial charge in [0.2, 0.25) is 0 Å². The molecule has 3 nitrogen and oxygen atoms in total. The van der Waals surface area contributed by atoms with E-state index in [1.807, 2.05) is 42.5 Å². The SMILES string of the molecule is COc1c(C=Cc2ccccc2)ccc(C=O)c1O. The van der Waals surface area contributed by atoms with Crippen LogP contribution in [0.5, 0.6) is 11.5 Å². The second-order valence-corrected chi connectivity index (χ2v) is 3.99. The van der Waals surface area contributed by atoms with E-state index in [2.05, 4.69) is 0 Å². The van der Waals surface area contributed by atoms with Gasteiger partial charge in [-0.2, -0.15) is 0 Å². The molecule has 0 aliphatic rings. The fourth-order valence-electron chi connectivity index (χ4n) is 1.79. The van der Waals surface area contributed by atoms with E-state index < -0.39 is 0 Å². The Morgan fingerprint density at radius 1 is 1.00 bits per heavy atom. The summed E-state index contributed by atoms with van der Waals surface area (Å²) in [5.41, 5.74) is 1.98. The molecule has 0 saturated carbocycles. The van der Waals surface area contributed by atoms with E-state index in [-0.39, 0.29) is 11.3 Å². The fraction of sp³-hybridized carbons (Fsp3) is 0.0625. The maximum absolute atomic E-state index is 10.8. The van der Waals surface area contributed by atoms with Crippen molar-refractivity contribution in [2.45, 2.75) is 0 Å². The van der Waals surface area contributed by atoms with Crippen molar-refractivity contribution in [3.63, 3.8) is 0 Å². The number of benzene rings is 2. The highest BCUT2D eigenvalue weighted by Crippen LogP contribution is 2.33. The predicted molar refractivity (Wildman–Crippen MR) is 75.4 cm³/mol. The number of hydrogen-bond acceptors (Lipinski definition) is 3. The highest BCUT2D eigenvalue weighted by atomic mass is 16.5. The van der Waals surface area contributed by atoms with Gasteiger partial charge < -0.3 is 9.84 Å². The zero-order valence-electron chi connectivity index (χ0n) is 10.5. The van der Waals surface area contributed by atoms with Crippen LogP contribution in [0.1, 0.15) is 21.5 Å². The molecule has 2 rings (SSSR count). The van der Waals surface area contributed by atoms with Crippen LogP contribution in [0, 0.1) is 0 Å². The number of ether oxygens (including phenoxy) is 1. The van der Waals surface area contributed by atoms with E-state index in [4.69, 9.17) is 4.74 Å². The summed E-state index contributed by atoms with van der Waals surface area (Å²) in [5.74, 6) is 0.171. The number of phenolic OH excluding ortho intramolecular Hbond substituents is 1. The molecule has 0 atom stereocenters. The van der Waals surface area contributed by atoms with E-state index in [9.17, 15) is 9.90 Å². The molecule has 0 heterocycles. The van der Waals surface area contributed by atoms with E-state index in [0.717, 1.165) is 11.1 Å². The largest absolute Gasteiger partial charge is 0.504 e. The summed E-state index contributed by atoms with van der Waals surface area (Å²) < 4.78 is 5.15. The first-order valence-corrected chi connectivity index (χ1v) is 5.84. The van der Waals surface area contributed by atoms with Gasteiger partial charge in [-0.3, -0.25) is 4.79 Å². The summed E-state index contributed by atoms with van der Waals surface area (Å²) in [7, 11) is 1.46. The van der Waals surface area contributed by atoms with Crippen molar-refractivity contribution in [3.05, 3.63) is 59.2 Å². The van der Waals surface area contributed by atoms with Crippen LogP contribution in [0.3, 0.4) is 0 Å². The van der Waals surface area contributed by atoms with E-state index in [1.165, 1.54) is 7.11 Å². The van der Waals surface area contributed by atoms with Gasteiger partial charge in [-0.25, -0.2) is 0 Å². The molecule has 0 aromatic heterocycles. The van der Waals surface area contributed by atoms with Crippen LogP contribution in [0.25, 0.3) is 12.2 Å². The normalized spacial score (nSPS) is 10.6. The molecule has 0 fully saturated rings. The zero-order chi connectivity index (χ0) is 13.7. The van der Waals surface area contributed by atoms with Crippen LogP contribution in [-0.2, 0) is 0 Å². The summed E-state index contributed by atoms with van der Waals surface area (Å²) in [6.45, 7) is 0. The van der Waals surface area contributed by atoms with Crippen molar-refractivity contribution in [1.29, 1.82) is 0 Å². The van der Waals surface area contributed by atoms with Gasteiger partial charge in [0.1, 0.15) is 0 Å². The molecule has 0 aliphatic heterocycles. The Morgan fingerprint density at radius 3 is 2.32 bits per heavy atom. The monoisotopic (exact) mass is 254 g/mol. The van der Waals surface area contributed by atoms with Crippen molar-refractivity contribution in [1.82, 2.24) is 0 Å². The molecule has 0 amide bonds. The van der Waals surface area contributed by atoms with Crippen molar-refractivity contribution in [3.8, 4) is 11.5 Å². The van der Waals surface area contributed by atoms with Gasteiger partial charge in [-0.05, 0) is 11.6 Å². The van der Waals surface area contributed by atoms with Crippen molar-refractivity contribution < 1.29 is 14.6 Å². The fourth-order valence-corrected chi connectivity index (χ4v) is 1.79. The summed E-state index contributed by atoms with van der Waals surface area (Å²) in [6.07, 6.45) is 4.35. The maximum atomic E-state index is 10.8. The topological polar surface area (TPSA) is 46.5 Å². The number of carbonyl (C=O) groups excluding carboxylic acids is 1. The number of methoxy groups -OCH3 is 1. The molecule has 19 heavy (non-hydrogen) atoms. The van der Waals surface area contributed by atoms with Crippen LogP contribution in [0.4, 0.5) is 0 Å². The molecule has 2 aromatic carbocycles. The number of phenols is 1. The Hall–Kier alpha value is -2.55. The van der Waals surface area contributed by atoms with Crippen LogP contribution < -0.4 is 4.74 Å². The highest BCUT2D eigenvalue weighted by Gasteiger charge is 2.10. The average molecular weight is 254 g/mol. The lowest BCUT2D eigenvalue weighted by Crippen LogP contribution is -1.91. The van der Waals surface area contributed by atoms with Gasteiger partial charge in [0.15, 0.2) is 17.8 Å². The molecule has 0 aliphatic carbocycles. The molecule has 3 heteroatoms. The lowest BCUT2D eigenvalue weighted by Gasteiger charge is -2.08. The Labute approximate surface area is 111 Å². The van der Waals surface area contributed by atoms with E-state index in [0.29, 0.717) is 12.0 Å². The van der Waals surface area contributed by atoms with Crippen LogP contribution in [0.2, 0.25) is 0 Å². The van der Waals surface area contributed by atoms with Gasteiger partial charge in [-0.15, -0.1) is 0 Å². The third kappa shape index (κ3) is 2.83. The number of hydrogen-bond donors (Lipinski definition) is 1. The quantitative estimate of drug-likeness (QED) is 0.672. The summed E-state index contributed by atoms with van der Waals surface area (Å²) in [5, 5.41) is 9.88. The molecule has 0 spiro atoms.